The Bertz CT molecular complexity index is 564. The van der Waals surface area contributed by atoms with Gasteiger partial charge in [0.1, 0.15) is 0 Å². The number of nitrogens with one attached hydrogen (secondary N) is 1. The highest BCUT2D eigenvalue weighted by atomic mass is 16.1. The van der Waals surface area contributed by atoms with Crippen molar-refractivity contribution < 1.29 is 4.79 Å². The van der Waals surface area contributed by atoms with Crippen molar-refractivity contribution in [3.8, 4) is 0 Å². The second-order valence-corrected chi connectivity index (χ2v) is 6.66. The fourth-order valence-electron chi connectivity index (χ4n) is 2.36. The first-order valence-corrected chi connectivity index (χ1v) is 8.94. The van der Waals surface area contributed by atoms with E-state index in [1.807, 2.05) is 12.2 Å². The zero-order valence-electron chi connectivity index (χ0n) is 15.6. The van der Waals surface area contributed by atoms with Crippen molar-refractivity contribution in [2.45, 2.75) is 59.9 Å². The van der Waals surface area contributed by atoms with Crippen molar-refractivity contribution in [2.75, 3.05) is 0 Å². The van der Waals surface area contributed by atoms with Crippen LogP contribution in [0.3, 0.4) is 0 Å². The van der Waals surface area contributed by atoms with Gasteiger partial charge in [-0.25, -0.2) is 0 Å². The maximum absolute atomic E-state index is 12.3. The van der Waals surface area contributed by atoms with Crippen LogP contribution in [0.2, 0.25) is 0 Å². The molecule has 3 heteroatoms. The Morgan fingerprint density at radius 2 is 1.79 bits per heavy atom. The van der Waals surface area contributed by atoms with Gasteiger partial charge in [-0.2, -0.15) is 0 Å². The average molecular weight is 329 g/mol. The maximum Gasteiger partial charge on any atom is 0.253 e. The lowest BCUT2D eigenvalue weighted by Crippen LogP contribution is -2.25. The number of allylic oxidation sites excluding steroid dienone is 2. The van der Waals surface area contributed by atoms with E-state index in [9.17, 15) is 4.79 Å². The Balaban J connectivity index is 2.58. The largest absolute Gasteiger partial charge is 0.402 e. The van der Waals surface area contributed by atoms with Crippen LogP contribution in [-0.2, 0) is 17.8 Å². The van der Waals surface area contributed by atoms with Crippen molar-refractivity contribution in [1.82, 2.24) is 5.32 Å². The van der Waals surface area contributed by atoms with Crippen molar-refractivity contribution in [3.05, 3.63) is 58.8 Å². The first-order valence-electron chi connectivity index (χ1n) is 8.94. The number of hydrogen-bond acceptors (Lipinski definition) is 2. The van der Waals surface area contributed by atoms with Crippen LogP contribution in [0.1, 0.15) is 58.1 Å². The highest BCUT2D eigenvalue weighted by Gasteiger charge is 2.08. The minimum atomic E-state index is -0.126. The molecule has 0 aliphatic rings. The summed E-state index contributed by atoms with van der Waals surface area (Å²) in [5.41, 5.74) is 9.38. The molecular formula is C21H32N2O. The molecule has 3 N–H and O–H groups in total. The van der Waals surface area contributed by atoms with E-state index < -0.39 is 0 Å². The number of carbonyl (C=O) groups is 1. The molecule has 0 bridgehead atoms. The van der Waals surface area contributed by atoms with E-state index in [0.29, 0.717) is 23.7 Å². The first kappa shape index (κ1) is 20.0. The van der Waals surface area contributed by atoms with Gasteiger partial charge in [-0.1, -0.05) is 70.0 Å². The highest BCUT2D eigenvalue weighted by molar-refractivity contribution is 5.96. The minimum absolute atomic E-state index is 0.126. The van der Waals surface area contributed by atoms with Gasteiger partial charge in [-0.15, -0.1) is 0 Å². The van der Waals surface area contributed by atoms with Gasteiger partial charge >= 0.3 is 0 Å². The van der Waals surface area contributed by atoms with Crippen molar-refractivity contribution in [1.29, 1.82) is 0 Å². The Hall–Kier alpha value is -2.03. The summed E-state index contributed by atoms with van der Waals surface area (Å²) in [4.78, 5) is 12.3. The van der Waals surface area contributed by atoms with E-state index in [-0.39, 0.29) is 5.91 Å². The number of benzene rings is 1. The molecule has 3 nitrogen and oxygen atoms in total. The van der Waals surface area contributed by atoms with E-state index in [4.69, 9.17) is 5.73 Å². The van der Waals surface area contributed by atoms with Crippen LogP contribution in [0.15, 0.2) is 47.7 Å². The van der Waals surface area contributed by atoms with E-state index in [1.165, 1.54) is 24.8 Å². The lowest BCUT2D eigenvalue weighted by Gasteiger charge is -2.09. The number of carbonyl (C=O) groups excluding carboxylic acids is 1. The van der Waals surface area contributed by atoms with Gasteiger partial charge in [0, 0.05) is 12.2 Å². The van der Waals surface area contributed by atoms with Crippen molar-refractivity contribution in [2.24, 2.45) is 11.7 Å². The molecular weight excluding hydrogens is 296 g/mol. The third kappa shape index (κ3) is 7.49. The average Bonchev–Trinajstić information content (AvgIpc) is 2.54. The molecule has 0 heterocycles. The molecule has 0 spiro atoms. The van der Waals surface area contributed by atoms with Crippen LogP contribution in [0.25, 0.3) is 0 Å². The van der Waals surface area contributed by atoms with Gasteiger partial charge in [-0.05, 0) is 36.8 Å². The number of amides is 1. The molecule has 1 aromatic carbocycles. The minimum Gasteiger partial charge on any atom is -0.402 e. The molecule has 0 aromatic heterocycles. The van der Waals surface area contributed by atoms with Gasteiger partial charge in [0.15, 0.2) is 0 Å². The molecule has 0 radical (unpaired) electrons. The van der Waals surface area contributed by atoms with Crippen molar-refractivity contribution in [3.63, 3.8) is 0 Å². The number of hydrogen-bond donors (Lipinski definition) is 2. The fraction of sp³-hybridized carbons (Fsp3) is 0.476. The van der Waals surface area contributed by atoms with Gasteiger partial charge in [-0.3, -0.25) is 4.79 Å². The number of unbranched alkanes of at least 4 members (excludes halogenated alkanes) is 2. The molecule has 0 unspecified atom stereocenters. The van der Waals surface area contributed by atoms with E-state index in [0.717, 1.165) is 12.0 Å². The summed E-state index contributed by atoms with van der Waals surface area (Å²) >= 11 is 0. The van der Waals surface area contributed by atoms with Gasteiger partial charge in [0.25, 0.3) is 5.91 Å². The summed E-state index contributed by atoms with van der Waals surface area (Å²) in [5.74, 6) is 0.256. The topological polar surface area (TPSA) is 55.1 Å². The normalized spacial score (nSPS) is 12.5. The van der Waals surface area contributed by atoms with E-state index >= 15 is 0 Å². The molecule has 132 valence electrons. The quantitative estimate of drug-likeness (QED) is 0.399. The molecule has 0 aliphatic carbocycles. The van der Waals surface area contributed by atoms with E-state index in [2.05, 4.69) is 50.4 Å². The SMILES string of the molecule is CCCCCc1ccc(CNC(=O)C(/C=C\C(C)C)=C(/C)N)cc1. The lowest BCUT2D eigenvalue weighted by atomic mass is 10.1. The second-order valence-electron chi connectivity index (χ2n) is 6.66. The van der Waals surface area contributed by atoms with Gasteiger partial charge in [0.05, 0.1) is 5.57 Å². The standard InChI is InChI=1S/C21H32N2O/c1-5-6-7-8-18-10-12-19(13-11-18)15-23-21(24)20(17(4)22)14-9-16(2)3/h9-14,16H,5-8,15,22H2,1-4H3,(H,23,24)/b14-9-,20-17-. The molecule has 0 aliphatic heterocycles. The Morgan fingerprint density at radius 3 is 2.33 bits per heavy atom. The summed E-state index contributed by atoms with van der Waals surface area (Å²) < 4.78 is 0. The zero-order valence-corrected chi connectivity index (χ0v) is 15.6. The summed E-state index contributed by atoms with van der Waals surface area (Å²) in [5, 5.41) is 2.95. The molecule has 0 atom stereocenters. The molecule has 24 heavy (non-hydrogen) atoms. The summed E-state index contributed by atoms with van der Waals surface area (Å²) in [6.07, 6.45) is 8.67. The predicted octanol–water partition coefficient (Wildman–Crippen LogP) is 4.48. The van der Waals surface area contributed by atoms with Crippen molar-refractivity contribution >= 4 is 5.91 Å². The lowest BCUT2D eigenvalue weighted by molar-refractivity contribution is -0.117. The van der Waals surface area contributed by atoms with Crippen LogP contribution in [0.4, 0.5) is 0 Å². The van der Waals surface area contributed by atoms with Crippen LogP contribution < -0.4 is 11.1 Å². The highest BCUT2D eigenvalue weighted by Crippen LogP contribution is 2.10. The smallest absolute Gasteiger partial charge is 0.253 e. The Labute approximate surface area is 147 Å². The molecule has 1 amide bonds. The summed E-state index contributed by atoms with van der Waals surface area (Å²) in [6.45, 7) is 8.62. The number of rotatable bonds is 9. The Morgan fingerprint density at radius 1 is 1.17 bits per heavy atom. The molecule has 0 saturated heterocycles. The number of nitrogens with two attached hydrogens (primary N) is 1. The van der Waals surface area contributed by atoms with Gasteiger partial charge < -0.3 is 11.1 Å². The summed E-state index contributed by atoms with van der Waals surface area (Å²) in [6, 6.07) is 8.48. The van der Waals surface area contributed by atoms with Crippen LogP contribution >= 0.6 is 0 Å². The zero-order chi connectivity index (χ0) is 17.9. The van der Waals surface area contributed by atoms with E-state index in [1.54, 1.807) is 6.92 Å². The predicted molar refractivity (Wildman–Crippen MR) is 102 cm³/mol. The molecule has 1 rings (SSSR count). The van der Waals surface area contributed by atoms with Gasteiger partial charge in [0.2, 0.25) is 0 Å². The molecule has 0 saturated carbocycles. The third-order valence-electron chi connectivity index (χ3n) is 3.86. The first-order chi connectivity index (χ1) is 11.4. The Kier molecular flexibility index (Phi) is 8.92. The third-order valence-corrected chi connectivity index (χ3v) is 3.86. The van der Waals surface area contributed by atoms with Crippen LogP contribution in [0, 0.1) is 5.92 Å². The molecule has 0 fully saturated rings. The summed E-state index contributed by atoms with van der Waals surface area (Å²) in [7, 11) is 0. The fourth-order valence-corrected chi connectivity index (χ4v) is 2.36. The van der Waals surface area contributed by atoms with Crippen LogP contribution in [-0.4, -0.2) is 5.91 Å². The van der Waals surface area contributed by atoms with Crippen LogP contribution in [0.5, 0.6) is 0 Å². The monoisotopic (exact) mass is 328 g/mol. The second kappa shape index (κ2) is 10.7. The maximum atomic E-state index is 12.3. The molecule has 1 aromatic rings. The number of aryl methyl sites for hydroxylation is 1.